The number of ether oxygens (including phenoxy) is 1. The molecule has 2 amide bonds. The first-order chi connectivity index (χ1) is 16.7. The molecule has 6 nitrogen and oxygen atoms in total. The van der Waals surface area contributed by atoms with Gasteiger partial charge in [-0.25, -0.2) is 0 Å². The summed E-state index contributed by atoms with van der Waals surface area (Å²) < 4.78 is 5.78. The zero-order valence-electron chi connectivity index (χ0n) is 18.6. The molecule has 3 aromatic carbocycles. The lowest BCUT2D eigenvalue weighted by Crippen LogP contribution is -2.47. The number of aromatic nitrogens is 1. The van der Waals surface area contributed by atoms with Gasteiger partial charge in [0.05, 0.1) is 11.4 Å². The maximum Gasteiger partial charge on any atom is 0.257 e. The molecule has 1 atom stereocenters. The summed E-state index contributed by atoms with van der Waals surface area (Å²) >= 11 is 1.60. The van der Waals surface area contributed by atoms with Crippen molar-refractivity contribution in [1.29, 1.82) is 0 Å². The predicted octanol–water partition coefficient (Wildman–Crippen LogP) is 4.58. The molecule has 172 valence electrons. The number of nitrogens with zero attached hydrogens (tertiary/aromatic N) is 1. The molecule has 1 fully saturated rings. The molecule has 0 spiro atoms. The van der Waals surface area contributed by atoms with Gasteiger partial charge in [-0.3, -0.25) is 9.59 Å². The van der Waals surface area contributed by atoms with Crippen molar-refractivity contribution in [3.63, 3.8) is 0 Å². The largest absolute Gasteiger partial charge is 0.489 e. The number of hydrogen-bond acceptors (Lipinski definition) is 4. The van der Waals surface area contributed by atoms with E-state index in [0.29, 0.717) is 30.3 Å². The van der Waals surface area contributed by atoms with E-state index < -0.39 is 6.04 Å². The monoisotopic (exact) mass is 471 g/mol. The van der Waals surface area contributed by atoms with Crippen molar-refractivity contribution in [2.24, 2.45) is 0 Å². The van der Waals surface area contributed by atoms with Crippen LogP contribution in [0.5, 0.6) is 5.75 Å². The van der Waals surface area contributed by atoms with Gasteiger partial charge < -0.3 is 19.9 Å². The van der Waals surface area contributed by atoms with Crippen molar-refractivity contribution in [2.45, 2.75) is 19.2 Å². The molecule has 2 N–H and O–H groups in total. The number of rotatable bonds is 7. The standard InChI is InChI=1S/C27H25N3O3S/c31-26(29-14-19-10-12-20(13-11-19)16-33-21-6-2-1-3-7-21)25-17-34-18-30(25)27(32)23-15-28-24-9-5-4-8-22(23)24/h1-13,15,25,28H,14,16-18H2,(H,29,31). The number of para-hydroxylation sites is 2. The van der Waals surface area contributed by atoms with Gasteiger partial charge in [-0.05, 0) is 29.3 Å². The highest BCUT2D eigenvalue weighted by molar-refractivity contribution is 7.99. The molecule has 1 aromatic heterocycles. The maximum atomic E-state index is 13.2. The summed E-state index contributed by atoms with van der Waals surface area (Å²) in [6.07, 6.45) is 1.73. The fraction of sp³-hybridized carbons (Fsp3) is 0.185. The number of carbonyl (C=O) groups excluding carboxylic acids is 2. The number of H-pyrrole nitrogens is 1. The quantitative estimate of drug-likeness (QED) is 0.414. The molecule has 4 aromatic rings. The summed E-state index contributed by atoms with van der Waals surface area (Å²) in [4.78, 5) is 31.0. The maximum absolute atomic E-state index is 13.2. The normalized spacial score (nSPS) is 15.4. The first-order valence-corrected chi connectivity index (χ1v) is 12.3. The molecule has 5 rings (SSSR count). The van der Waals surface area contributed by atoms with Crippen LogP contribution in [0.1, 0.15) is 21.5 Å². The molecule has 1 aliphatic heterocycles. The van der Waals surface area contributed by atoms with Crippen LogP contribution in [0.3, 0.4) is 0 Å². The van der Waals surface area contributed by atoms with E-state index in [4.69, 9.17) is 4.74 Å². The van der Waals surface area contributed by atoms with E-state index in [0.717, 1.165) is 27.8 Å². The Labute approximate surface area is 202 Å². The summed E-state index contributed by atoms with van der Waals surface area (Å²) in [5, 5.41) is 3.88. The van der Waals surface area contributed by atoms with Crippen LogP contribution in [-0.4, -0.2) is 39.4 Å². The molecule has 1 unspecified atom stereocenters. The number of fused-ring (bicyclic) bond motifs is 1. The minimum atomic E-state index is -0.482. The summed E-state index contributed by atoms with van der Waals surface area (Å²) in [6, 6.07) is 24.9. The summed E-state index contributed by atoms with van der Waals surface area (Å²) in [6.45, 7) is 0.899. The minimum Gasteiger partial charge on any atom is -0.489 e. The van der Waals surface area contributed by atoms with Crippen molar-refractivity contribution in [3.8, 4) is 5.75 Å². The van der Waals surface area contributed by atoms with Crippen LogP contribution in [0.2, 0.25) is 0 Å². The highest BCUT2D eigenvalue weighted by Gasteiger charge is 2.35. The molecule has 0 bridgehead atoms. The third-order valence-electron chi connectivity index (χ3n) is 5.90. The molecule has 1 aliphatic rings. The van der Waals surface area contributed by atoms with Gasteiger partial charge in [-0.15, -0.1) is 11.8 Å². The zero-order chi connectivity index (χ0) is 23.3. The predicted molar refractivity (Wildman–Crippen MR) is 135 cm³/mol. The highest BCUT2D eigenvalue weighted by atomic mass is 32.2. The Bertz CT molecular complexity index is 1290. The molecule has 0 radical (unpaired) electrons. The smallest absolute Gasteiger partial charge is 0.257 e. The van der Waals surface area contributed by atoms with Crippen LogP contribution in [0.4, 0.5) is 0 Å². The van der Waals surface area contributed by atoms with Crippen LogP contribution >= 0.6 is 11.8 Å². The van der Waals surface area contributed by atoms with Gasteiger partial charge in [0.25, 0.3) is 5.91 Å². The van der Waals surface area contributed by atoms with Gasteiger partial charge in [0.15, 0.2) is 0 Å². The molecule has 1 saturated heterocycles. The number of aromatic amines is 1. The molecule has 7 heteroatoms. The Balaban J connectivity index is 1.17. The lowest BCUT2D eigenvalue weighted by atomic mass is 10.1. The Morgan fingerprint density at radius 1 is 0.971 bits per heavy atom. The van der Waals surface area contributed by atoms with E-state index in [1.807, 2.05) is 78.9 Å². The molecular formula is C27H25N3O3S. The minimum absolute atomic E-state index is 0.120. The molecule has 0 aliphatic carbocycles. The van der Waals surface area contributed by atoms with Crippen LogP contribution in [0.15, 0.2) is 85.1 Å². The number of benzene rings is 3. The van der Waals surface area contributed by atoms with Gasteiger partial charge >= 0.3 is 0 Å². The van der Waals surface area contributed by atoms with E-state index in [-0.39, 0.29) is 11.8 Å². The van der Waals surface area contributed by atoms with E-state index in [1.54, 1.807) is 22.9 Å². The van der Waals surface area contributed by atoms with Gasteiger partial charge in [0.1, 0.15) is 18.4 Å². The third-order valence-corrected chi connectivity index (χ3v) is 6.92. The van der Waals surface area contributed by atoms with Crippen molar-refractivity contribution in [1.82, 2.24) is 15.2 Å². The lowest BCUT2D eigenvalue weighted by molar-refractivity contribution is -0.124. The Morgan fingerprint density at radius 3 is 2.53 bits per heavy atom. The average molecular weight is 472 g/mol. The zero-order valence-corrected chi connectivity index (χ0v) is 19.4. The molecule has 2 heterocycles. The fourth-order valence-electron chi connectivity index (χ4n) is 4.01. The lowest BCUT2D eigenvalue weighted by Gasteiger charge is -2.23. The fourth-order valence-corrected chi connectivity index (χ4v) is 5.16. The Kier molecular flexibility index (Phi) is 6.53. The molecular weight excluding hydrogens is 446 g/mol. The second kappa shape index (κ2) is 10.1. The van der Waals surface area contributed by atoms with E-state index in [1.165, 1.54) is 0 Å². The second-order valence-electron chi connectivity index (χ2n) is 8.17. The van der Waals surface area contributed by atoms with Crippen LogP contribution < -0.4 is 10.1 Å². The highest BCUT2D eigenvalue weighted by Crippen LogP contribution is 2.26. The van der Waals surface area contributed by atoms with Crippen molar-refractivity contribution in [3.05, 3.63) is 102 Å². The summed E-state index contributed by atoms with van der Waals surface area (Å²) in [7, 11) is 0. The van der Waals surface area contributed by atoms with Crippen molar-refractivity contribution < 1.29 is 14.3 Å². The number of nitrogens with one attached hydrogen (secondary N) is 2. The Morgan fingerprint density at radius 2 is 1.71 bits per heavy atom. The first-order valence-electron chi connectivity index (χ1n) is 11.2. The number of amides is 2. The SMILES string of the molecule is O=C(NCc1ccc(COc2ccccc2)cc1)C1CSCN1C(=O)c1c[nH]c2ccccc12. The van der Waals surface area contributed by atoms with Crippen LogP contribution in [0, 0.1) is 0 Å². The van der Waals surface area contributed by atoms with Gasteiger partial charge in [-0.2, -0.15) is 0 Å². The summed E-state index contributed by atoms with van der Waals surface area (Å²) in [5.41, 5.74) is 3.57. The Hall–Kier alpha value is -3.71. The van der Waals surface area contributed by atoms with E-state index >= 15 is 0 Å². The van der Waals surface area contributed by atoms with Crippen LogP contribution in [-0.2, 0) is 17.9 Å². The van der Waals surface area contributed by atoms with Gasteiger partial charge in [-0.1, -0.05) is 60.7 Å². The summed E-state index contributed by atoms with van der Waals surface area (Å²) in [5.74, 6) is 1.68. The second-order valence-corrected chi connectivity index (χ2v) is 9.17. The van der Waals surface area contributed by atoms with Crippen LogP contribution in [0.25, 0.3) is 10.9 Å². The van der Waals surface area contributed by atoms with E-state index in [2.05, 4.69) is 10.3 Å². The van der Waals surface area contributed by atoms with Crippen molar-refractivity contribution >= 4 is 34.5 Å². The van der Waals surface area contributed by atoms with Gasteiger partial charge in [0.2, 0.25) is 5.91 Å². The first kappa shape index (κ1) is 22.1. The number of thioether (sulfide) groups is 1. The van der Waals surface area contributed by atoms with Gasteiger partial charge in [0, 0.05) is 29.4 Å². The number of carbonyl (C=O) groups is 2. The molecule has 34 heavy (non-hydrogen) atoms. The average Bonchev–Trinajstić information content (AvgIpc) is 3.55. The van der Waals surface area contributed by atoms with E-state index in [9.17, 15) is 9.59 Å². The third kappa shape index (κ3) is 4.79. The van der Waals surface area contributed by atoms with Crippen molar-refractivity contribution in [2.75, 3.05) is 11.6 Å². The number of hydrogen-bond donors (Lipinski definition) is 2. The topological polar surface area (TPSA) is 74.4 Å². The molecule has 0 saturated carbocycles.